The summed E-state index contributed by atoms with van der Waals surface area (Å²) < 4.78 is 0. The van der Waals surface area contributed by atoms with Crippen molar-refractivity contribution in [3.63, 3.8) is 0 Å². The van der Waals surface area contributed by atoms with E-state index < -0.39 is 0 Å². The van der Waals surface area contributed by atoms with Crippen LogP contribution in [-0.4, -0.2) is 11.8 Å². The molecule has 0 bridgehead atoms. The standard InChI is InChI=1S/C10H17NS2/c1-4-12-10(8(3)11)9-7(2)5-6-13-9/h5-6,8,10H,4,11H2,1-3H3. The summed E-state index contributed by atoms with van der Waals surface area (Å²) in [7, 11) is 0. The van der Waals surface area contributed by atoms with Crippen molar-refractivity contribution in [2.75, 3.05) is 5.75 Å². The molecule has 74 valence electrons. The van der Waals surface area contributed by atoms with Crippen molar-refractivity contribution in [3.8, 4) is 0 Å². The summed E-state index contributed by atoms with van der Waals surface area (Å²) in [6, 6.07) is 2.41. The van der Waals surface area contributed by atoms with Crippen LogP contribution in [0.2, 0.25) is 0 Å². The quantitative estimate of drug-likeness (QED) is 0.834. The molecule has 0 aliphatic rings. The molecule has 0 amide bonds. The van der Waals surface area contributed by atoms with E-state index in [0.717, 1.165) is 5.75 Å². The van der Waals surface area contributed by atoms with Gasteiger partial charge in [0.1, 0.15) is 0 Å². The summed E-state index contributed by atoms with van der Waals surface area (Å²) in [5.41, 5.74) is 7.35. The predicted molar refractivity (Wildman–Crippen MR) is 63.6 cm³/mol. The average molecular weight is 215 g/mol. The van der Waals surface area contributed by atoms with Crippen LogP contribution in [-0.2, 0) is 0 Å². The molecule has 0 aromatic carbocycles. The third-order valence-electron chi connectivity index (χ3n) is 1.98. The van der Waals surface area contributed by atoms with Gasteiger partial charge in [-0.15, -0.1) is 11.3 Å². The van der Waals surface area contributed by atoms with Crippen LogP contribution in [0.5, 0.6) is 0 Å². The highest BCUT2D eigenvalue weighted by atomic mass is 32.2. The van der Waals surface area contributed by atoms with Gasteiger partial charge in [0, 0.05) is 10.9 Å². The molecule has 2 unspecified atom stereocenters. The molecule has 0 aliphatic carbocycles. The lowest BCUT2D eigenvalue weighted by Crippen LogP contribution is -2.22. The minimum absolute atomic E-state index is 0.238. The second-order valence-electron chi connectivity index (χ2n) is 3.20. The fourth-order valence-corrected chi connectivity index (χ4v) is 3.71. The molecule has 0 saturated carbocycles. The van der Waals surface area contributed by atoms with Crippen LogP contribution in [0.15, 0.2) is 11.4 Å². The minimum Gasteiger partial charge on any atom is -0.327 e. The molecule has 0 radical (unpaired) electrons. The normalized spacial score (nSPS) is 15.7. The highest BCUT2D eigenvalue weighted by Gasteiger charge is 2.18. The van der Waals surface area contributed by atoms with Gasteiger partial charge in [-0.3, -0.25) is 0 Å². The molecule has 1 rings (SSSR count). The summed E-state index contributed by atoms with van der Waals surface area (Å²) in [5, 5.41) is 2.63. The third-order valence-corrected chi connectivity index (χ3v) is 4.59. The van der Waals surface area contributed by atoms with Crippen molar-refractivity contribution < 1.29 is 0 Å². The summed E-state index contributed by atoms with van der Waals surface area (Å²) in [4.78, 5) is 1.45. The third kappa shape index (κ3) is 2.73. The fraction of sp³-hybridized carbons (Fsp3) is 0.600. The minimum atomic E-state index is 0.238. The zero-order chi connectivity index (χ0) is 9.84. The van der Waals surface area contributed by atoms with Gasteiger partial charge in [0.05, 0.1) is 5.25 Å². The Morgan fingerprint density at radius 2 is 2.31 bits per heavy atom. The summed E-state index contributed by atoms with van der Waals surface area (Å²) in [6.45, 7) is 6.44. The van der Waals surface area contributed by atoms with Crippen molar-refractivity contribution in [2.45, 2.75) is 32.1 Å². The van der Waals surface area contributed by atoms with Crippen molar-refractivity contribution in [2.24, 2.45) is 5.73 Å². The zero-order valence-corrected chi connectivity index (χ0v) is 10.0. The van der Waals surface area contributed by atoms with Crippen LogP contribution >= 0.6 is 23.1 Å². The molecule has 1 aromatic rings. The van der Waals surface area contributed by atoms with Gasteiger partial charge in [-0.05, 0) is 36.6 Å². The maximum atomic E-state index is 5.97. The van der Waals surface area contributed by atoms with E-state index in [2.05, 4.69) is 32.2 Å². The van der Waals surface area contributed by atoms with Crippen LogP contribution in [0, 0.1) is 6.92 Å². The van der Waals surface area contributed by atoms with Gasteiger partial charge < -0.3 is 5.73 Å². The monoisotopic (exact) mass is 215 g/mol. The second kappa shape index (κ2) is 5.03. The lowest BCUT2D eigenvalue weighted by atomic mass is 10.1. The first kappa shape index (κ1) is 11.1. The Bertz CT molecular complexity index is 255. The first-order valence-corrected chi connectivity index (χ1v) is 6.50. The predicted octanol–water partition coefficient (Wildman–Crippen LogP) is 3.20. The van der Waals surface area contributed by atoms with Gasteiger partial charge >= 0.3 is 0 Å². The SMILES string of the molecule is CCSC(c1sccc1C)C(C)N. The van der Waals surface area contributed by atoms with Crippen molar-refractivity contribution in [3.05, 3.63) is 21.9 Å². The smallest absolute Gasteiger partial charge is 0.0541 e. The van der Waals surface area contributed by atoms with E-state index in [0.29, 0.717) is 5.25 Å². The van der Waals surface area contributed by atoms with E-state index in [4.69, 9.17) is 5.73 Å². The number of aryl methyl sites for hydroxylation is 1. The molecule has 1 nitrogen and oxygen atoms in total. The van der Waals surface area contributed by atoms with Gasteiger partial charge in [0.25, 0.3) is 0 Å². The van der Waals surface area contributed by atoms with Gasteiger partial charge in [-0.2, -0.15) is 11.8 Å². The van der Waals surface area contributed by atoms with Gasteiger partial charge in [-0.1, -0.05) is 6.92 Å². The van der Waals surface area contributed by atoms with Crippen LogP contribution < -0.4 is 5.73 Å². The van der Waals surface area contributed by atoms with Crippen LogP contribution in [0.1, 0.15) is 29.5 Å². The van der Waals surface area contributed by atoms with Crippen molar-refractivity contribution in [1.82, 2.24) is 0 Å². The molecule has 0 aliphatic heterocycles. The van der Waals surface area contributed by atoms with E-state index in [-0.39, 0.29) is 6.04 Å². The van der Waals surface area contributed by atoms with E-state index in [1.165, 1.54) is 10.4 Å². The van der Waals surface area contributed by atoms with E-state index in [9.17, 15) is 0 Å². The van der Waals surface area contributed by atoms with Crippen LogP contribution in [0.25, 0.3) is 0 Å². The molecule has 1 heterocycles. The van der Waals surface area contributed by atoms with E-state index >= 15 is 0 Å². The largest absolute Gasteiger partial charge is 0.327 e. The Morgan fingerprint density at radius 3 is 2.69 bits per heavy atom. The maximum Gasteiger partial charge on any atom is 0.0541 e. The average Bonchev–Trinajstić information content (AvgIpc) is 2.47. The highest BCUT2D eigenvalue weighted by molar-refractivity contribution is 7.99. The molecular weight excluding hydrogens is 198 g/mol. The molecular formula is C10H17NS2. The summed E-state index contributed by atoms with van der Waals surface area (Å²) >= 11 is 3.77. The van der Waals surface area contributed by atoms with Crippen LogP contribution in [0.4, 0.5) is 0 Å². The maximum absolute atomic E-state index is 5.97. The van der Waals surface area contributed by atoms with Gasteiger partial charge in [0.2, 0.25) is 0 Å². The summed E-state index contributed by atoms with van der Waals surface area (Å²) in [6.07, 6.45) is 0. The Labute approximate surface area is 88.7 Å². The van der Waals surface area contributed by atoms with E-state index in [1.807, 2.05) is 23.1 Å². The van der Waals surface area contributed by atoms with Crippen LogP contribution in [0.3, 0.4) is 0 Å². The molecule has 3 heteroatoms. The number of nitrogens with two attached hydrogens (primary N) is 1. The molecule has 0 fully saturated rings. The Morgan fingerprint density at radius 1 is 1.62 bits per heavy atom. The second-order valence-corrected chi connectivity index (χ2v) is 5.57. The lowest BCUT2D eigenvalue weighted by molar-refractivity contribution is 0.727. The van der Waals surface area contributed by atoms with Gasteiger partial charge in [0.15, 0.2) is 0 Å². The Balaban J connectivity index is 2.82. The summed E-state index contributed by atoms with van der Waals surface area (Å²) in [5.74, 6) is 1.13. The molecule has 0 spiro atoms. The molecule has 13 heavy (non-hydrogen) atoms. The Hall–Kier alpha value is 0.01000. The molecule has 2 N–H and O–H groups in total. The number of hydrogen-bond acceptors (Lipinski definition) is 3. The van der Waals surface area contributed by atoms with E-state index in [1.54, 1.807) is 0 Å². The number of thiophene rings is 1. The fourth-order valence-electron chi connectivity index (χ4n) is 1.32. The van der Waals surface area contributed by atoms with Crippen molar-refractivity contribution >= 4 is 23.1 Å². The highest BCUT2D eigenvalue weighted by Crippen LogP contribution is 2.36. The van der Waals surface area contributed by atoms with Gasteiger partial charge in [-0.25, -0.2) is 0 Å². The molecule has 0 saturated heterocycles. The lowest BCUT2D eigenvalue weighted by Gasteiger charge is -2.19. The Kier molecular flexibility index (Phi) is 4.29. The zero-order valence-electron chi connectivity index (χ0n) is 8.41. The number of hydrogen-bond donors (Lipinski definition) is 1. The topological polar surface area (TPSA) is 26.0 Å². The number of rotatable bonds is 4. The number of thioether (sulfide) groups is 1. The van der Waals surface area contributed by atoms with Crippen molar-refractivity contribution in [1.29, 1.82) is 0 Å². The molecule has 2 atom stereocenters. The first-order chi connectivity index (χ1) is 6.16. The molecule has 1 aromatic heterocycles. The first-order valence-electron chi connectivity index (χ1n) is 4.58.